The summed E-state index contributed by atoms with van der Waals surface area (Å²) in [4.78, 5) is 19.4. The van der Waals surface area contributed by atoms with E-state index in [0.717, 1.165) is 0 Å². The molecule has 98 valence electrons. The van der Waals surface area contributed by atoms with Gasteiger partial charge in [-0.2, -0.15) is 0 Å². The lowest BCUT2D eigenvalue weighted by Crippen LogP contribution is -2.57. The number of esters is 1. The summed E-state index contributed by atoms with van der Waals surface area (Å²) in [6, 6.07) is 0.0748. The third-order valence-electron chi connectivity index (χ3n) is 3.64. The third-order valence-corrected chi connectivity index (χ3v) is 3.64. The van der Waals surface area contributed by atoms with Gasteiger partial charge < -0.3 is 15.2 Å². The predicted octanol–water partition coefficient (Wildman–Crippen LogP) is 0.834. The molecule has 1 aromatic rings. The van der Waals surface area contributed by atoms with E-state index in [0.29, 0.717) is 17.8 Å². The molecule has 2 atom stereocenters. The molecule has 0 saturated heterocycles. The Hall–Kier alpha value is -1.69. The number of nitrogens with zero attached hydrogens (tertiary/aromatic N) is 2. The zero-order valence-electron chi connectivity index (χ0n) is 10.7. The molecular weight excluding hydrogens is 234 g/mol. The van der Waals surface area contributed by atoms with Crippen LogP contribution in [0.1, 0.15) is 30.6 Å². The summed E-state index contributed by atoms with van der Waals surface area (Å²) in [5.41, 5.74) is 0.0652. The third kappa shape index (κ3) is 2.03. The number of hydrogen-bond acceptors (Lipinski definition) is 6. The van der Waals surface area contributed by atoms with E-state index in [-0.39, 0.29) is 17.6 Å². The van der Waals surface area contributed by atoms with Gasteiger partial charge >= 0.3 is 5.97 Å². The number of nitrogens with one attached hydrogen (secondary N) is 1. The van der Waals surface area contributed by atoms with Gasteiger partial charge in [0.2, 0.25) is 0 Å². The summed E-state index contributed by atoms with van der Waals surface area (Å²) in [7, 11) is 1.32. The Morgan fingerprint density at radius 3 is 2.89 bits per heavy atom. The van der Waals surface area contributed by atoms with Crippen molar-refractivity contribution >= 4 is 11.8 Å². The highest BCUT2D eigenvalue weighted by molar-refractivity contribution is 5.94. The van der Waals surface area contributed by atoms with E-state index in [9.17, 15) is 9.90 Å². The SMILES string of the molecule is COC(=O)c1cncnc1NC1CC(O)C1(C)C. The number of hydrogen-bond donors (Lipinski definition) is 2. The molecule has 1 aromatic heterocycles. The van der Waals surface area contributed by atoms with E-state index in [2.05, 4.69) is 20.0 Å². The molecule has 1 saturated carbocycles. The van der Waals surface area contributed by atoms with Gasteiger partial charge in [0.05, 0.1) is 13.2 Å². The monoisotopic (exact) mass is 251 g/mol. The molecule has 0 aromatic carbocycles. The molecule has 1 aliphatic carbocycles. The molecule has 2 rings (SSSR count). The second kappa shape index (κ2) is 4.53. The average molecular weight is 251 g/mol. The molecule has 18 heavy (non-hydrogen) atoms. The zero-order chi connectivity index (χ0) is 13.3. The van der Waals surface area contributed by atoms with Crippen LogP contribution in [0.3, 0.4) is 0 Å². The Labute approximate surface area is 105 Å². The number of methoxy groups -OCH3 is 1. The van der Waals surface area contributed by atoms with Gasteiger partial charge in [-0.15, -0.1) is 0 Å². The fraction of sp³-hybridized carbons (Fsp3) is 0.583. The molecule has 0 bridgehead atoms. The van der Waals surface area contributed by atoms with Crippen molar-refractivity contribution in [2.24, 2.45) is 5.41 Å². The first kappa shape index (κ1) is 12.8. The molecule has 6 nitrogen and oxygen atoms in total. The van der Waals surface area contributed by atoms with Crippen LogP contribution in [0.25, 0.3) is 0 Å². The van der Waals surface area contributed by atoms with Gasteiger partial charge in [-0.3, -0.25) is 0 Å². The summed E-state index contributed by atoms with van der Waals surface area (Å²) in [6.45, 7) is 3.94. The van der Waals surface area contributed by atoms with Crippen molar-refractivity contribution in [3.8, 4) is 0 Å². The zero-order valence-corrected chi connectivity index (χ0v) is 10.7. The van der Waals surface area contributed by atoms with Crippen LogP contribution in [0, 0.1) is 5.41 Å². The summed E-state index contributed by atoms with van der Waals surface area (Å²) >= 11 is 0. The second-order valence-electron chi connectivity index (χ2n) is 5.05. The minimum atomic E-state index is -0.476. The fourth-order valence-corrected chi connectivity index (χ4v) is 2.02. The van der Waals surface area contributed by atoms with E-state index >= 15 is 0 Å². The van der Waals surface area contributed by atoms with Crippen molar-refractivity contribution in [1.29, 1.82) is 0 Å². The topological polar surface area (TPSA) is 84.3 Å². The van der Waals surface area contributed by atoms with Gasteiger partial charge in [-0.25, -0.2) is 14.8 Å². The number of aliphatic hydroxyl groups is 1. The first-order valence-corrected chi connectivity index (χ1v) is 5.79. The van der Waals surface area contributed by atoms with Gasteiger partial charge in [0.25, 0.3) is 0 Å². The van der Waals surface area contributed by atoms with Crippen molar-refractivity contribution in [1.82, 2.24) is 9.97 Å². The molecule has 0 amide bonds. The first-order chi connectivity index (χ1) is 8.46. The van der Waals surface area contributed by atoms with Crippen molar-refractivity contribution < 1.29 is 14.6 Å². The highest BCUT2D eigenvalue weighted by Crippen LogP contribution is 2.42. The molecule has 0 aliphatic heterocycles. The summed E-state index contributed by atoms with van der Waals surface area (Å²) < 4.78 is 4.67. The number of carbonyl (C=O) groups excluding carboxylic acids is 1. The van der Waals surface area contributed by atoms with Gasteiger partial charge in [0.1, 0.15) is 17.7 Å². The molecule has 6 heteroatoms. The minimum absolute atomic E-state index is 0.0748. The fourth-order valence-electron chi connectivity index (χ4n) is 2.02. The number of ether oxygens (including phenoxy) is 1. The predicted molar refractivity (Wildman–Crippen MR) is 65.2 cm³/mol. The number of rotatable bonds is 3. The van der Waals surface area contributed by atoms with Crippen LogP contribution >= 0.6 is 0 Å². The van der Waals surface area contributed by atoms with Gasteiger partial charge in [-0.05, 0) is 6.42 Å². The van der Waals surface area contributed by atoms with Crippen LogP contribution in [0.15, 0.2) is 12.5 Å². The molecule has 2 N–H and O–H groups in total. The lowest BCUT2D eigenvalue weighted by Gasteiger charge is -2.49. The maximum atomic E-state index is 11.6. The van der Waals surface area contributed by atoms with E-state index in [1.165, 1.54) is 19.6 Å². The van der Waals surface area contributed by atoms with Crippen molar-refractivity contribution in [2.75, 3.05) is 12.4 Å². The molecule has 2 unspecified atom stereocenters. The molecule has 1 aliphatic rings. The van der Waals surface area contributed by atoms with Gasteiger partial charge in [0.15, 0.2) is 0 Å². The number of aliphatic hydroxyl groups excluding tert-OH is 1. The smallest absolute Gasteiger partial charge is 0.343 e. The molecule has 0 spiro atoms. The van der Waals surface area contributed by atoms with E-state index in [1.807, 2.05) is 13.8 Å². The van der Waals surface area contributed by atoms with Crippen LogP contribution < -0.4 is 5.32 Å². The van der Waals surface area contributed by atoms with Crippen molar-refractivity contribution in [3.63, 3.8) is 0 Å². The highest BCUT2D eigenvalue weighted by atomic mass is 16.5. The summed E-state index contributed by atoms with van der Waals surface area (Å²) in [6.07, 6.45) is 3.09. The Bertz CT molecular complexity index is 462. The largest absolute Gasteiger partial charge is 0.465 e. The Balaban J connectivity index is 2.18. The van der Waals surface area contributed by atoms with Crippen LogP contribution in [-0.2, 0) is 4.74 Å². The summed E-state index contributed by atoms with van der Waals surface area (Å²) in [5.74, 6) is -0.0300. The lowest BCUT2D eigenvalue weighted by molar-refractivity contribution is -0.0511. The maximum absolute atomic E-state index is 11.6. The number of aromatic nitrogens is 2. The normalized spacial score (nSPS) is 25.1. The average Bonchev–Trinajstić information content (AvgIpc) is 2.38. The molecular formula is C12H17N3O3. The van der Waals surface area contributed by atoms with Crippen molar-refractivity contribution in [2.45, 2.75) is 32.4 Å². The van der Waals surface area contributed by atoms with Crippen LogP contribution in [0.2, 0.25) is 0 Å². The second-order valence-corrected chi connectivity index (χ2v) is 5.05. The number of carbonyl (C=O) groups is 1. The molecule has 1 heterocycles. The van der Waals surface area contributed by atoms with Crippen LogP contribution in [0.4, 0.5) is 5.82 Å². The van der Waals surface area contributed by atoms with Crippen molar-refractivity contribution in [3.05, 3.63) is 18.1 Å². The maximum Gasteiger partial charge on any atom is 0.343 e. The van der Waals surface area contributed by atoms with Crippen LogP contribution in [0.5, 0.6) is 0 Å². The Morgan fingerprint density at radius 2 is 2.33 bits per heavy atom. The molecule has 0 radical (unpaired) electrons. The lowest BCUT2D eigenvalue weighted by atomic mass is 9.64. The first-order valence-electron chi connectivity index (χ1n) is 5.79. The van der Waals surface area contributed by atoms with E-state index in [1.54, 1.807) is 0 Å². The van der Waals surface area contributed by atoms with Crippen LogP contribution in [-0.4, -0.2) is 40.3 Å². The molecule has 1 fully saturated rings. The summed E-state index contributed by atoms with van der Waals surface area (Å²) in [5, 5.41) is 12.9. The number of anilines is 1. The minimum Gasteiger partial charge on any atom is -0.465 e. The Kier molecular flexibility index (Phi) is 3.21. The van der Waals surface area contributed by atoms with Gasteiger partial charge in [-0.1, -0.05) is 13.8 Å². The van der Waals surface area contributed by atoms with Gasteiger partial charge in [0, 0.05) is 17.7 Å². The van der Waals surface area contributed by atoms with E-state index in [4.69, 9.17) is 0 Å². The highest BCUT2D eigenvalue weighted by Gasteiger charge is 2.47. The standard InChI is InChI=1S/C12H17N3O3/c1-12(2)8(4-9(12)16)15-10-7(11(17)18-3)5-13-6-14-10/h5-6,8-9,16H,4H2,1-3H3,(H,13,14,15). The Morgan fingerprint density at radius 1 is 1.61 bits per heavy atom. The quantitative estimate of drug-likeness (QED) is 0.774. The van der Waals surface area contributed by atoms with E-state index < -0.39 is 5.97 Å².